The zero-order valence-corrected chi connectivity index (χ0v) is 10.3. The Bertz CT molecular complexity index is 348. The highest BCUT2D eigenvalue weighted by molar-refractivity contribution is 6.31. The molecule has 0 unspecified atom stereocenters. The van der Waals surface area contributed by atoms with Gasteiger partial charge in [-0.2, -0.15) is 0 Å². The van der Waals surface area contributed by atoms with Crippen LogP contribution in [0.3, 0.4) is 0 Å². The number of hydrogen-bond donors (Lipinski definition) is 2. The van der Waals surface area contributed by atoms with Crippen LogP contribution in [0.2, 0.25) is 5.02 Å². The monoisotopic (exact) mass is 239 g/mol. The van der Waals surface area contributed by atoms with E-state index in [0.29, 0.717) is 0 Å². The van der Waals surface area contributed by atoms with Crippen LogP contribution in [-0.2, 0) is 0 Å². The molecule has 1 saturated heterocycles. The summed E-state index contributed by atoms with van der Waals surface area (Å²) in [5.74, 6) is 0. The average Bonchev–Trinajstić information content (AvgIpc) is 2.32. The van der Waals surface area contributed by atoms with Gasteiger partial charge in [0.2, 0.25) is 0 Å². The number of halogens is 1. The summed E-state index contributed by atoms with van der Waals surface area (Å²) in [6.45, 7) is 7.30. The highest BCUT2D eigenvalue weighted by Gasteiger charge is 2.09. The first kappa shape index (κ1) is 11.7. The van der Waals surface area contributed by atoms with Gasteiger partial charge >= 0.3 is 0 Å². The number of piperazine rings is 1. The second-order valence-corrected chi connectivity index (χ2v) is 4.52. The van der Waals surface area contributed by atoms with E-state index in [1.807, 2.05) is 19.1 Å². The number of hydrogen-bond acceptors (Lipinski definition) is 3. The molecule has 1 aliphatic rings. The summed E-state index contributed by atoms with van der Waals surface area (Å²) in [7, 11) is 0. The molecule has 0 amide bonds. The Kier molecular flexibility index (Phi) is 4.04. The molecular weight excluding hydrogens is 222 g/mol. The summed E-state index contributed by atoms with van der Waals surface area (Å²) >= 11 is 6.07. The van der Waals surface area contributed by atoms with Gasteiger partial charge in [0.15, 0.2) is 0 Å². The molecule has 1 aromatic rings. The SMILES string of the molecule is Cc1c(Cl)cccc1NCN1CCNCC1. The standard InChI is InChI=1S/C12H18ClN3/c1-10-11(13)3-2-4-12(10)15-9-16-7-5-14-6-8-16/h2-4,14-15H,5-9H2,1H3. The summed E-state index contributed by atoms with van der Waals surface area (Å²) in [5.41, 5.74) is 2.25. The fraction of sp³-hybridized carbons (Fsp3) is 0.500. The van der Waals surface area contributed by atoms with Crippen LogP contribution in [0.4, 0.5) is 5.69 Å². The Labute approximate surface area is 102 Å². The smallest absolute Gasteiger partial charge is 0.0679 e. The molecular formula is C12H18ClN3. The predicted octanol–water partition coefficient (Wildman–Crippen LogP) is 1.92. The summed E-state index contributed by atoms with van der Waals surface area (Å²) in [6.07, 6.45) is 0. The van der Waals surface area contributed by atoms with Gasteiger partial charge in [0, 0.05) is 36.9 Å². The molecule has 0 bridgehead atoms. The third-order valence-corrected chi connectivity index (χ3v) is 3.38. The van der Waals surface area contributed by atoms with Gasteiger partial charge < -0.3 is 10.6 Å². The fourth-order valence-electron chi connectivity index (χ4n) is 1.87. The van der Waals surface area contributed by atoms with Crippen LogP contribution < -0.4 is 10.6 Å². The molecule has 0 atom stereocenters. The molecule has 3 nitrogen and oxygen atoms in total. The zero-order chi connectivity index (χ0) is 11.4. The maximum atomic E-state index is 6.07. The van der Waals surface area contributed by atoms with Crippen molar-refractivity contribution < 1.29 is 0 Å². The number of rotatable bonds is 3. The summed E-state index contributed by atoms with van der Waals surface area (Å²) in [6, 6.07) is 5.98. The van der Waals surface area contributed by atoms with Crippen LogP contribution in [0.25, 0.3) is 0 Å². The Morgan fingerprint density at radius 3 is 2.88 bits per heavy atom. The van der Waals surface area contributed by atoms with E-state index in [1.165, 1.54) is 0 Å². The molecule has 0 radical (unpaired) electrons. The second-order valence-electron chi connectivity index (χ2n) is 4.12. The van der Waals surface area contributed by atoms with Crippen molar-refractivity contribution in [3.63, 3.8) is 0 Å². The third kappa shape index (κ3) is 2.88. The van der Waals surface area contributed by atoms with Crippen LogP contribution in [0.1, 0.15) is 5.56 Å². The van der Waals surface area contributed by atoms with Crippen molar-refractivity contribution >= 4 is 17.3 Å². The van der Waals surface area contributed by atoms with Crippen molar-refractivity contribution in [1.82, 2.24) is 10.2 Å². The number of anilines is 1. The topological polar surface area (TPSA) is 27.3 Å². The molecule has 1 aliphatic heterocycles. The Balaban J connectivity index is 1.91. The van der Waals surface area contributed by atoms with E-state index in [1.54, 1.807) is 0 Å². The van der Waals surface area contributed by atoms with E-state index in [0.717, 1.165) is 49.1 Å². The van der Waals surface area contributed by atoms with Gasteiger partial charge in [0.25, 0.3) is 0 Å². The van der Waals surface area contributed by atoms with Gasteiger partial charge in [-0.25, -0.2) is 0 Å². The highest BCUT2D eigenvalue weighted by atomic mass is 35.5. The van der Waals surface area contributed by atoms with E-state index in [9.17, 15) is 0 Å². The van der Waals surface area contributed by atoms with Crippen molar-refractivity contribution in [2.75, 3.05) is 38.2 Å². The first-order chi connectivity index (χ1) is 7.77. The molecule has 0 aromatic heterocycles. The van der Waals surface area contributed by atoms with Gasteiger partial charge in [-0.15, -0.1) is 0 Å². The first-order valence-corrected chi connectivity index (χ1v) is 6.07. The van der Waals surface area contributed by atoms with Crippen LogP contribution in [0, 0.1) is 6.92 Å². The molecule has 2 N–H and O–H groups in total. The van der Waals surface area contributed by atoms with Gasteiger partial charge in [-0.3, -0.25) is 4.90 Å². The molecule has 0 spiro atoms. The quantitative estimate of drug-likeness (QED) is 0.844. The van der Waals surface area contributed by atoms with Crippen LogP contribution in [0.5, 0.6) is 0 Å². The Morgan fingerprint density at radius 1 is 1.38 bits per heavy atom. The zero-order valence-electron chi connectivity index (χ0n) is 9.59. The summed E-state index contributed by atoms with van der Waals surface area (Å²) in [5, 5.41) is 7.60. The average molecular weight is 240 g/mol. The molecule has 16 heavy (non-hydrogen) atoms. The van der Waals surface area contributed by atoms with Gasteiger partial charge in [-0.1, -0.05) is 17.7 Å². The molecule has 88 valence electrons. The van der Waals surface area contributed by atoms with Crippen LogP contribution in [-0.4, -0.2) is 37.7 Å². The van der Waals surface area contributed by atoms with Gasteiger partial charge in [-0.05, 0) is 24.6 Å². The molecule has 2 rings (SSSR count). The van der Waals surface area contributed by atoms with Crippen molar-refractivity contribution in [3.05, 3.63) is 28.8 Å². The van der Waals surface area contributed by atoms with Crippen molar-refractivity contribution in [3.8, 4) is 0 Å². The highest BCUT2D eigenvalue weighted by Crippen LogP contribution is 2.22. The van der Waals surface area contributed by atoms with E-state index in [-0.39, 0.29) is 0 Å². The Morgan fingerprint density at radius 2 is 2.12 bits per heavy atom. The molecule has 0 saturated carbocycles. The molecule has 1 fully saturated rings. The number of nitrogens with one attached hydrogen (secondary N) is 2. The van der Waals surface area contributed by atoms with E-state index >= 15 is 0 Å². The molecule has 1 heterocycles. The number of benzene rings is 1. The van der Waals surface area contributed by atoms with E-state index < -0.39 is 0 Å². The fourth-order valence-corrected chi connectivity index (χ4v) is 2.04. The summed E-state index contributed by atoms with van der Waals surface area (Å²) < 4.78 is 0. The van der Waals surface area contributed by atoms with Crippen LogP contribution >= 0.6 is 11.6 Å². The molecule has 0 aliphatic carbocycles. The first-order valence-electron chi connectivity index (χ1n) is 5.69. The predicted molar refractivity (Wildman–Crippen MR) is 69.1 cm³/mol. The Hall–Kier alpha value is -0.770. The minimum atomic E-state index is 0.824. The normalized spacial score (nSPS) is 17.4. The second kappa shape index (κ2) is 5.53. The lowest BCUT2D eigenvalue weighted by Crippen LogP contribution is -2.45. The lowest BCUT2D eigenvalue weighted by atomic mass is 10.2. The van der Waals surface area contributed by atoms with Crippen molar-refractivity contribution in [1.29, 1.82) is 0 Å². The molecule has 4 heteroatoms. The largest absolute Gasteiger partial charge is 0.372 e. The van der Waals surface area contributed by atoms with E-state index in [2.05, 4.69) is 21.6 Å². The minimum absolute atomic E-state index is 0.824. The van der Waals surface area contributed by atoms with E-state index in [4.69, 9.17) is 11.6 Å². The van der Waals surface area contributed by atoms with Gasteiger partial charge in [0.05, 0.1) is 6.67 Å². The van der Waals surface area contributed by atoms with Crippen molar-refractivity contribution in [2.24, 2.45) is 0 Å². The maximum Gasteiger partial charge on any atom is 0.0679 e. The number of nitrogens with zero attached hydrogens (tertiary/aromatic N) is 1. The lowest BCUT2D eigenvalue weighted by molar-refractivity contribution is 0.256. The third-order valence-electron chi connectivity index (χ3n) is 2.97. The minimum Gasteiger partial charge on any atom is -0.372 e. The summed E-state index contributed by atoms with van der Waals surface area (Å²) in [4.78, 5) is 2.40. The van der Waals surface area contributed by atoms with Crippen LogP contribution in [0.15, 0.2) is 18.2 Å². The maximum absolute atomic E-state index is 6.07. The van der Waals surface area contributed by atoms with Crippen molar-refractivity contribution in [2.45, 2.75) is 6.92 Å². The van der Waals surface area contributed by atoms with Gasteiger partial charge in [0.1, 0.15) is 0 Å². The lowest BCUT2D eigenvalue weighted by Gasteiger charge is -2.28. The molecule has 1 aromatic carbocycles.